The standard InChI is InChI=1S/C22H26O5/c1-13(27-21(25)18-5-3-17(4-6-18)20(24)26-2)19(23)22-10-14-7-15(11-22)9-16(8-14)12-22/h3-6,13-16H,7-12H2,1-2H3. The molecule has 5 nitrogen and oxygen atoms in total. The number of methoxy groups -OCH3 is 1. The summed E-state index contributed by atoms with van der Waals surface area (Å²) in [7, 11) is 1.31. The van der Waals surface area contributed by atoms with Gasteiger partial charge in [0.15, 0.2) is 11.9 Å². The van der Waals surface area contributed by atoms with Gasteiger partial charge in [-0.05, 0) is 87.5 Å². The van der Waals surface area contributed by atoms with E-state index in [4.69, 9.17) is 4.74 Å². The van der Waals surface area contributed by atoms with Crippen LogP contribution in [0.4, 0.5) is 0 Å². The van der Waals surface area contributed by atoms with E-state index in [1.54, 1.807) is 6.92 Å². The molecule has 0 spiro atoms. The van der Waals surface area contributed by atoms with E-state index >= 15 is 0 Å². The molecule has 4 aliphatic rings. The Balaban J connectivity index is 1.42. The van der Waals surface area contributed by atoms with Gasteiger partial charge in [0.2, 0.25) is 0 Å². The number of Topliss-reactive ketones (excluding diaryl/α,β-unsaturated/α-hetero) is 1. The van der Waals surface area contributed by atoms with Crippen LogP contribution in [0.5, 0.6) is 0 Å². The van der Waals surface area contributed by atoms with Crippen LogP contribution < -0.4 is 0 Å². The first kappa shape index (κ1) is 18.2. The molecule has 4 fully saturated rings. The highest BCUT2D eigenvalue weighted by Gasteiger charge is 2.55. The van der Waals surface area contributed by atoms with Gasteiger partial charge in [0.05, 0.1) is 18.2 Å². The van der Waals surface area contributed by atoms with Gasteiger partial charge in [0, 0.05) is 5.41 Å². The van der Waals surface area contributed by atoms with Gasteiger partial charge in [-0.3, -0.25) is 4.79 Å². The van der Waals surface area contributed by atoms with Crippen LogP contribution >= 0.6 is 0 Å². The van der Waals surface area contributed by atoms with Gasteiger partial charge in [-0.2, -0.15) is 0 Å². The second-order valence-electron chi connectivity index (χ2n) is 8.68. The summed E-state index contributed by atoms with van der Waals surface area (Å²) >= 11 is 0. The Hall–Kier alpha value is -2.17. The molecule has 0 aromatic heterocycles. The van der Waals surface area contributed by atoms with Crippen molar-refractivity contribution in [2.45, 2.75) is 51.6 Å². The predicted molar refractivity (Wildman–Crippen MR) is 98.3 cm³/mol. The highest BCUT2D eigenvalue weighted by Crippen LogP contribution is 2.60. The molecule has 0 radical (unpaired) electrons. The summed E-state index contributed by atoms with van der Waals surface area (Å²) in [5, 5.41) is 0. The minimum atomic E-state index is -0.742. The molecule has 1 unspecified atom stereocenters. The molecule has 4 saturated carbocycles. The molecule has 1 atom stereocenters. The van der Waals surface area contributed by atoms with E-state index < -0.39 is 18.0 Å². The molecule has 0 saturated heterocycles. The van der Waals surface area contributed by atoms with Crippen molar-refractivity contribution in [3.63, 3.8) is 0 Å². The largest absolute Gasteiger partial charge is 0.465 e. The van der Waals surface area contributed by atoms with Gasteiger partial charge in [-0.15, -0.1) is 0 Å². The van der Waals surface area contributed by atoms with E-state index in [1.807, 2.05) is 0 Å². The van der Waals surface area contributed by atoms with Crippen molar-refractivity contribution in [2.75, 3.05) is 7.11 Å². The van der Waals surface area contributed by atoms with Gasteiger partial charge in [0.1, 0.15) is 0 Å². The van der Waals surface area contributed by atoms with Crippen LogP contribution in [0.25, 0.3) is 0 Å². The molecule has 0 amide bonds. The maximum atomic E-state index is 13.2. The second-order valence-corrected chi connectivity index (χ2v) is 8.68. The Morgan fingerprint density at radius 1 is 0.889 bits per heavy atom. The van der Waals surface area contributed by atoms with Crippen LogP contribution in [0.3, 0.4) is 0 Å². The molecule has 5 rings (SSSR count). The summed E-state index contributed by atoms with van der Waals surface area (Å²) in [6.07, 6.45) is 5.97. The Labute approximate surface area is 159 Å². The molecule has 144 valence electrons. The number of hydrogen-bond donors (Lipinski definition) is 0. The van der Waals surface area contributed by atoms with Crippen LogP contribution in [0, 0.1) is 23.2 Å². The fourth-order valence-electron chi connectivity index (χ4n) is 5.99. The number of benzene rings is 1. The zero-order valence-corrected chi connectivity index (χ0v) is 15.9. The maximum absolute atomic E-state index is 13.2. The lowest BCUT2D eigenvalue weighted by molar-refractivity contribution is -0.152. The van der Waals surface area contributed by atoms with Crippen LogP contribution in [-0.2, 0) is 14.3 Å². The summed E-state index contributed by atoms with van der Waals surface area (Å²) in [5.74, 6) is 1.13. The molecule has 0 N–H and O–H groups in total. The minimum Gasteiger partial charge on any atom is -0.465 e. The molecule has 1 aromatic rings. The van der Waals surface area contributed by atoms with Gasteiger partial charge >= 0.3 is 11.9 Å². The third-order valence-corrected chi connectivity index (χ3v) is 6.76. The second kappa shape index (κ2) is 6.77. The van der Waals surface area contributed by atoms with Crippen molar-refractivity contribution in [3.8, 4) is 0 Å². The Kier molecular flexibility index (Phi) is 4.57. The van der Waals surface area contributed by atoms with Crippen molar-refractivity contribution in [1.82, 2.24) is 0 Å². The zero-order chi connectivity index (χ0) is 19.2. The number of esters is 2. The van der Waals surface area contributed by atoms with Gasteiger partial charge in [-0.1, -0.05) is 0 Å². The lowest BCUT2D eigenvalue weighted by Gasteiger charge is -2.56. The average Bonchev–Trinajstić information content (AvgIpc) is 2.65. The van der Waals surface area contributed by atoms with Gasteiger partial charge < -0.3 is 9.47 Å². The molecule has 4 aliphatic carbocycles. The first-order chi connectivity index (χ1) is 12.9. The van der Waals surface area contributed by atoms with Crippen LogP contribution in [0.15, 0.2) is 24.3 Å². The van der Waals surface area contributed by atoms with E-state index in [0.29, 0.717) is 28.9 Å². The maximum Gasteiger partial charge on any atom is 0.338 e. The Morgan fingerprint density at radius 3 is 1.78 bits per heavy atom. The van der Waals surface area contributed by atoms with E-state index in [1.165, 1.54) is 50.6 Å². The summed E-state index contributed by atoms with van der Waals surface area (Å²) in [4.78, 5) is 37.1. The topological polar surface area (TPSA) is 69.7 Å². The third-order valence-electron chi connectivity index (χ3n) is 6.76. The fraction of sp³-hybridized carbons (Fsp3) is 0.591. The highest BCUT2D eigenvalue weighted by atomic mass is 16.5. The fourth-order valence-corrected chi connectivity index (χ4v) is 5.99. The van der Waals surface area contributed by atoms with Gasteiger partial charge in [0.25, 0.3) is 0 Å². The first-order valence-electron chi connectivity index (χ1n) is 9.84. The average molecular weight is 370 g/mol. The Bertz CT molecular complexity index is 728. The summed E-state index contributed by atoms with van der Waals surface area (Å²) in [6, 6.07) is 6.09. The van der Waals surface area contributed by atoms with E-state index in [0.717, 1.165) is 19.3 Å². The molecule has 4 bridgehead atoms. The SMILES string of the molecule is COC(=O)c1ccc(C(=O)OC(C)C(=O)C23CC4CC(CC(C4)C2)C3)cc1. The summed E-state index contributed by atoms with van der Waals surface area (Å²) < 4.78 is 10.2. The van der Waals surface area contributed by atoms with E-state index in [9.17, 15) is 14.4 Å². The van der Waals surface area contributed by atoms with Crippen molar-refractivity contribution in [2.24, 2.45) is 23.2 Å². The summed E-state index contributed by atoms with van der Waals surface area (Å²) in [6.45, 7) is 1.70. The third kappa shape index (κ3) is 3.28. The predicted octanol–water partition coefficient (Wildman–Crippen LogP) is 3.80. The number of hydrogen-bond acceptors (Lipinski definition) is 5. The quantitative estimate of drug-likeness (QED) is 0.737. The van der Waals surface area contributed by atoms with Crippen LogP contribution in [0.2, 0.25) is 0 Å². The normalized spacial score (nSPS) is 32.0. The number of carbonyl (C=O) groups is 3. The molecular weight excluding hydrogens is 344 g/mol. The van der Waals surface area contributed by atoms with Crippen LogP contribution in [-0.4, -0.2) is 30.9 Å². The number of carbonyl (C=O) groups excluding carboxylic acids is 3. The first-order valence-corrected chi connectivity index (χ1v) is 9.84. The molecule has 5 heteroatoms. The monoisotopic (exact) mass is 370 g/mol. The van der Waals surface area contributed by atoms with Gasteiger partial charge in [-0.25, -0.2) is 9.59 Å². The molecule has 1 aromatic carbocycles. The lowest BCUT2D eigenvalue weighted by atomic mass is 9.48. The van der Waals surface area contributed by atoms with Crippen molar-refractivity contribution < 1.29 is 23.9 Å². The molecular formula is C22H26O5. The smallest absolute Gasteiger partial charge is 0.338 e. The lowest BCUT2D eigenvalue weighted by Crippen LogP contribution is -2.52. The van der Waals surface area contributed by atoms with Crippen molar-refractivity contribution in [3.05, 3.63) is 35.4 Å². The zero-order valence-electron chi connectivity index (χ0n) is 15.9. The molecule has 0 heterocycles. The minimum absolute atomic E-state index is 0.0983. The summed E-state index contributed by atoms with van der Waals surface area (Å²) in [5.41, 5.74) is 0.419. The van der Waals surface area contributed by atoms with Crippen molar-refractivity contribution >= 4 is 17.7 Å². The van der Waals surface area contributed by atoms with Crippen LogP contribution in [0.1, 0.15) is 66.2 Å². The number of ketones is 1. The van der Waals surface area contributed by atoms with Crippen molar-refractivity contribution in [1.29, 1.82) is 0 Å². The number of ether oxygens (including phenoxy) is 2. The molecule has 27 heavy (non-hydrogen) atoms. The van der Waals surface area contributed by atoms with E-state index in [2.05, 4.69) is 4.74 Å². The molecule has 0 aliphatic heterocycles. The number of rotatable bonds is 5. The highest BCUT2D eigenvalue weighted by molar-refractivity contribution is 5.96. The van der Waals surface area contributed by atoms with E-state index in [-0.39, 0.29) is 11.2 Å². The Morgan fingerprint density at radius 2 is 1.33 bits per heavy atom.